The second kappa shape index (κ2) is 9.98. The Bertz CT molecular complexity index is 1030. The molecule has 2 aromatic heterocycles. The van der Waals surface area contributed by atoms with Crippen molar-refractivity contribution in [2.75, 3.05) is 13.1 Å². The number of hydrogen-bond acceptors (Lipinski definition) is 4. The van der Waals surface area contributed by atoms with Crippen LogP contribution >= 0.6 is 24.8 Å². The molecule has 2 fully saturated rings. The molecular weight excluding hydrogens is 433 g/mol. The van der Waals surface area contributed by atoms with E-state index in [1.54, 1.807) is 6.20 Å². The van der Waals surface area contributed by atoms with Gasteiger partial charge in [-0.25, -0.2) is 9.97 Å². The number of rotatable bonds is 4. The maximum absolute atomic E-state index is 13.1. The smallest absolute Gasteiger partial charge is 0.255 e. The highest BCUT2D eigenvalue weighted by molar-refractivity contribution is 5.96. The summed E-state index contributed by atoms with van der Waals surface area (Å²) in [6, 6.07) is 12.5. The zero-order valence-electron chi connectivity index (χ0n) is 17.4. The van der Waals surface area contributed by atoms with Gasteiger partial charge >= 0.3 is 0 Å². The maximum Gasteiger partial charge on any atom is 0.255 e. The number of halogens is 2. The first-order valence-corrected chi connectivity index (χ1v) is 10.6. The molecule has 0 unspecified atom stereocenters. The molecule has 2 aliphatic rings. The monoisotopic (exact) mass is 461 g/mol. The largest absolute Gasteiger partial charge is 0.338 e. The van der Waals surface area contributed by atoms with Crippen molar-refractivity contribution in [1.29, 1.82) is 0 Å². The summed E-state index contributed by atoms with van der Waals surface area (Å²) >= 11 is 0. The van der Waals surface area contributed by atoms with Crippen LogP contribution in [0.3, 0.4) is 0 Å². The molecule has 3 aromatic rings. The minimum absolute atomic E-state index is 0. The summed E-state index contributed by atoms with van der Waals surface area (Å²) < 4.78 is 2.06. The third kappa shape index (κ3) is 4.71. The molecule has 0 bridgehead atoms. The minimum atomic E-state index is 0. The van der Waals surface area contributed by atoms with Crippen LogP contribution in [0.4, 0.5) is 0 Å². The van der Waals surface area contributed by atoms with Crippen molar-refractivity contribution < 1.29 is 4.79 Å². The van der Waals surface area contributed by atoms with Crippen LogP contribution in [0.25, 0.3) is 11.2 Å². The van der Waals surface area contributed by atoms with Gasteiger partial charge in [-0.1, -0.05) is 36.8 Å². The number of hydrogen-bond donors (Lipinski definition) is 1. The van der Waals surface area contributed by atoms with Crippen LogP contribution in [0.15, 0.2) is 48.9 Å². The lowest BCUT2D eigenvalue weighted by molar-refractivity contribution is 0.0783. The Labute approximate surface area is 195 Å². The molecule has 8 heteroatoms. The molecular formula is C23H29Cl2N5O. The molecule has 1 aromatic carbocycles. The first-order valence-electron chi connectivity index (χ1n) is 10.6. The number of amides is 1. The van der Waals surface area contributed by atoms with Gasteiger partial charge in [0, 0.05) is 31.9 Å². The fraction of sp³-hybridized carbons (Fsp3) is 0.435. The molecule has 6 nitrogen and oxygen atoms in total. The van der Waals surface area contributed by atoms with E-state index in [1.807, 2.05) is 23.4 Å². The summed E-state index contributed by atoms with van der Waals surface area (Å²) in [5, 5.41) is 0. The number of likely N-dealkylation sites (tertiary alicyclic amines) is 1. The lowest BCUT2D eigenvalue weighted by Crippen LogP contribution is -2.38. The number of aromatic nitrogens is 3. The van der Waals surface area contributed by atoms with E-state index in [4.69, 9.17) is 5.73 Å². The molecule has 1 aliphatic carbocycles. The summed E-state index contributed by atoms with van der Waals surface area (Å²) in [4.78, 5) is 24.1. The van der Waals surface area contributed by atoms with Gasteiger partial charge in [-0.2, -0.15) is 0 Å². The SMILES string of the molecule is Cl.Cl.N[C@@H]1CCC[C@@H]2CN(C(=O)c3cnc4c(c3)ncn4CCc3ccccc3)C[C@@H]21. The Morgan fingerprint density at radius 3 is 2.68 bits per heavy atom. The molecule has 1 saturated carbocycles. The zero-order chi connectivity index (χ0) is 19.8. The molecule has 1 saturated heterocycles. The zero-order valence-corrected chi connectivity index (χ0v) is 19.0. The number of carbonyl (C=O) groups excluding carboxylic acids is 1. The minimum Gasteiger partial charge on any atom is -0.338 e. The van der Waals surface area contributed by atoms with E-state index in [9.17, 15) is 4.79 Å². The third-order valence-corrected chi connectivity index (χ3v) is 6.63. The molecule has 1 amide bonds. The Kier molecular flexibility index (Phi) is 7.57. The number of nitrogens with zero attached hydrogens (tertiary/aromatic N) is 4. The lowest BCUT2D eigenvalue weighted by Gasteiger charge is -2.29. The van der Waals surface area contributed by atoms with Crippen molar-refractivity contribution >= 4 is 41.9 Å². The summed E-state index contributed by atoms with van der Waals surface area (Å²) in [6.45, 7) is 2.41. The van der Waals surface area contributed by atoms with E-state index in [1.165, 1.54) is 18.4 Å². The van der Waals surface area contributed by atoms with Gasteiger partial charge in [-0.05, 0) is 42.7 Å². The number of fused-ring (bicyclic) bond motifs is 2. The van der Waals surface area contributed by atoms with Crippen molar-refractivity contribution in [2.24, 2.45) is 17.6 Å². The highest BCUT2D eigenvalue weighted by atomic mass is 35.5. The second-order valence-electron chi connectivity index (χ2n) is 8.47. The Balaban J connectivity index is 0.00000136. The van der Waals surface area contributed by atoms with Gasteiger partial charge in [0.2, 0.25) is 0 Å². The van der Waals surface area contributed by atoms with Gasteiger partial charge in [0.1, 0.15) is 5.52 Å². The van der Waals surface area contributed by atoms with Crippen LogP contribution in [0, 0.1) is 11.8 Å². The molecule has 0 radical (unpaired) electrons. The predicted octanol–water partition coefficient (Wildman–Crippen LogP) is 3.72. The van der Waals surface area contributed by atoms with Crippen LogP contribution < -0.4 is 5.73 Å². The number of pyridine rings is 1. The average molecular weight is 462 g/mol. The first-order chi connectivity index (χ1) is 14.2. The number of benzene rings is 1. The van der Waals surface area contributed by atoms with E-state index in [0.717, 1.165) is 43.6 Å². The summed E-state index contributed by atoms with van der Waals surface area (Å²) in [5.41, 5.74) is 9.82. The molecule has 5 rings (SSSR count). The molecule has 3 heterocycles. The molecule has 1 aliphatic heterocycles. The van der Waals surface area contributed by atoms with Gasteiger partial charge in [0.25, 0.3) is 5.91 Å². The van der Waals surface area contributed by atoms with Crippen LogP contribution in [0.1, 0.15) is 35.2 Å². The van der Waals surface area contributed by atoms with Gasteiger partial charge in [0.05, 0.1) is 11.9 Å². The summed E-state index contributed by atoms with van der Waals surface area (Å²) in [7, 11) is 0. The van der Waals surface area contributed by atoms with Crippen molar-refractivity contribution in [3.8, 4) is 0 Å². The molecule has 31 heavy (non-hydrogen) atoms. The second-order valence-corrected chi connectivity index (χ2v) is 8.47. The maximum atomic E-state index is 13.1. The topological polar surface area (TPSA) is 77.0 Å². The number of nitrogens with two attached hydrogens (primary N) is 1. The molecule has 0 spiro atoms. The number of aryl methyl sites for hydroxylation is 2. The van der Waals surface area contributed by atoms with E-state index in [2.05, 4.69) is 38.8 Å². The fourth-order valence-electron chi connectivity index (χ4n) is 4.99. The predicted molar refractivity (Wildman–Crippen MR) is 127 cm³/mol. The highest BCUT2D eigenvalue weighted by Crippen LogP contribution is 2.36. The Morgan fingerprint density at radius 1 is 1.10 bits per heavy atom. The van der Waals surface area contributed by atoms with Gasteiger partial charge < -0.3 is 15.2 Å². The Hall–Kier alpha value is -2.15. The fourth-order valence-corrected chi connectivity index (χ4v) is 4.99. The van der Waals surface area contributed by atoms with E-state index in [0.29, 0.717) is 17.4 Å². The highest BCUT2D eigenvalue weighted by Gasteiger charge is 2.40. The molecule has 2 N–H and O–H groups in total. The molecule has 166 valence electrons. The van der Waals surface area contributed by atoms with E-state index in [-0.39, 0.29) is 36.8 Å². The van der Waals surface area contributed by atoms with E-state index < -0.39 is 0 Å². The van der Waals surface area contributed by atoms with Crippen LogP contribution in [-0.2, 0) is 13.0 Å². The Morgan fingerprint density at radius 2 is 1.90 bits per heavy atom. The molecule has 3 atom stereocenters. The lowest BCUT2D eigenvalue weighted by atomic mass is 9.78. The van der Waals surface area contributed by atoms with Crippen LogP contribution in [0.2, 0.25) is 0 Å². The summed E-state index contributed by atoms with van der Waals surface area (Å²) in [5.74, 6) is 1.05. The van der Waals surface area contributed by atoms with Crippen molar-refractivity contribution in [3.63, 3.8) is 0 Å². The first kappa shape index (κ1) is 23.5. The average Bonchev–Trinajstić information content (AvgIpc) is 3.37. The van der Waals surface area contributed by atoms with Crippen LogP contribution in [-0.4, -0.2) is 44.5 Å². The number of carbonyl (C=O) groups is 1. The normalized spacial score (nSPS) is 22.5. The number of imidazole rings is 1. The van der Waals surface area contributed by atoms with Gasteiger partial charge in [-0.15, -0.1) is 24.8 Å². The summed E-state index contributed by atoms with van der Waals surface area (Å²) in [6.07, 6.45) is 7.89. The quantitative estimate of drug-likeness (QED) is 0.641. The third-order valence-electron chi connectivity index (χ3n) is 6.63. The van der Waals surface area contributed by atoms with E-state index >= 15 is 0 Å². The van der Waals surface area contributed by atoms with Gasteiger partial charge in [-0.3, -0.25) is 4.79 Å². The van der Waals surface area contributed by atoms with Crippen LogP contribution in [0.5, 0.6) is 0 Å². The van der Waals surface area contributed by atoms with Crippen molar-refractivity contribution in [3.05, 3.63) is 60.0 Å². The standard InChI is InChI=1S/C23H27N5O.2ClH/c24-20-8-4-7-17-13-28(14-19(17)20)23(29)18-11-21-22(25-12-18)27(15-26-21)10-9-16-5-2-1-3-6-16;;/h1-3,5-6,11-12,15,17,19-20H,4,7-10,13-14,24H2;2*1H/t17-,19+,20-;;/m1../s1. The van der Waals surface area contributed by atoms with Crippen molar-refractivity contribution in [1.82, 2.24) is 19.4 Å². The van der Waals surface area contributed by atoms with Gasteiger partial charge in [0.15, 0.2) is 5.65 Å². The van der Waals surface area contributed by atoms with Crippen molar-refractivity contribution in [2.45, 2.75) is 38.3 Å².